The predicted molar refractivity (Wildman–Crippen MR) is 79.5 cm³/mol. The van der Waals surface area contributed by atoms with E-state index >= 15 is 0 Å². The van der Waals surface area contributed by atoms with E-state index in [0.717, 1.165) is 0 Å². The topological polar surface area (TPSA) is 104 Å². The van der Waals surface area contributed by atoms with Crippen molar-refractivity contribution in [2.45, 2.75) is 26.0 Å². The minimum Gasteiger partial charge on any atom is -0.478 e. The third-order valence-electron chi connectivity index (χ3n) is 3.09. The van der Waals surface area contributed by atoms with Crippen molar-refractivity contribution in [3.8, 4) is 0 Å². The van der Waals surface area contributed by atoms with E-state index in [0.29, 0.717) is 12.0 Å². The fourth-order valence-electron chi connectivity index (χ4n) is 1.76. The first-order valence-corrected chi connectivity index (χ1v) is 8.21. The monoisotopic (exact) mass is 315 g/mol. The van der Waals surface area contributed by atoms with Gasteiger partial charge in [0.15, 0.2) is 0 Å². The van der Waals surface area contributed by atoms with Gasteiger partial charge in [-0.15, -0.1) is 0 Å². The van der Waals surface area contributed by atoms with Crippen LogP contribution in [0.25, 0.3) is 0 Å². The quantitative estimate of drug-likeness (QED) is 0.669. The van der Waals surface area contributed by atoms with Crippen LogP contribution in [-0.2, 0) is 15.8 Å². The second-order valence-electron chi connectivity index (χ2n) is 5.72. The molecule has 0 amide bonds. The van der Waals surface area contributed by atoms with E-state index in [4.69, 9.17) is 10.2 Å². The van der Waals surface area contributed by atoms with Crippen LogP contribution in [0.2, 0.25) is 0 Å². The molecule has 21 heavy (non-hydrogen) atoms. The van der Waals surface area contributed by atoms with Gasteiger partial charge in [-0.3, -0.25) is 0 Å². The van der Waals surface area contributed by atoms with E-state index in [9.17, 15) is 13.2 Å². The predicted octanol–water partition coefficient (Wildman–Crippen LogP) is 1.21. The second-order valence-corrected chi connectivity index (χ2v) is 7.53. The van der Waals surface area contributed by atoms with Crippen LogP contribution < -0.4 is 4.72 Å². The maximum atomic E-state index is 12.0. The molecular formula is C14H21NO5S. The zero-order valence-electron chi connectivity index (χ0n) is 12.2. The van der Waals surface area contributed by atoms with E-state index in [2.05, 4.69) is 4.72 Å². The zero-order valence-corrected chi connectivity index (χ0v) is 13.0. The number of rotatable bonds is 8. The Bertz CT molecular complexity index is 595. The molecule has 0 atom stereocenters. The molecule has 0 aliphatic carbocycles. The number of aliphatic hydroxyl groups excluding tert-OH is 1. The lowest BCUT2D eigenvalue weighted by Crippen LogP contribution is -2.35. The Kier molecular flexibility index (Phi) is 5.88. The number of carboxylic acids is 1. The normalized spacial score (nSPS) is 12.3. The Morgan fingerprint density at radius 2 is 2.00 bits per heavy atom. The minimum absolute atomic E-state index is 0.00458. The molecule has 1 rings (SSSR count). The number of hydrogen-bond donors (Lipinski definition) is 3. The Morgan fingerprint density at radius 1 is 1.33 bits per heavy atom. The van der Waals surface area contributed by atoms with Crippen molar-refractivity contribution >= 4 is 16.0 Å². The SMILES string of the molecule is CC(C)(CCO)CNS(=O)(=O)Cc1cccc(C(=O)O)c1. The highest BCUT2D eigenvalue weighted by Crippen LogP contribution is 2.19. The molecule has 7 heteroatoms. The average Bonchev–Trinajstić information content (AvgIpc) is 2.36. The van der Waals surface area contributed by atoms with Gasteiger partial charge in [0.05, 0.1) is 11.3 Å². The lowest BCUT2D eigenvalue weighted by molar-refractivity contribution is 0.0696. The molecule has 0 radical (unpaired) electrons. The molecule has 0 aromatic heterocycles. The fraction of sp³-hybridized carbons (Fsp3) is 0.500. The highest BCUT2D eigenvalue weighted by atomic mass is 32.2. The summed E-state index contributed by atoms with van der Waals surface area (Å²) < 4.78 is 26.5. The molecule has 3 N–H and O–H groups in total. The van der Waals surface area contributed by atoms with Gasteiger partial charge in [-0.2, -0.15) is 0 Å². The van der Waals surface area contributed by atoms with Gasteiger partial charge < -0.3 is 10.2 Å². The van der Waals surface area contributed by atoms with Crippen molar-refractivity contribution in [2.24, 2.45) is 5.41 Å². The molecule has 0 fully saturated rings. The summed E-state index contributed by atoms with van der Waals surface area (Å²) in [4.78, 5) is 10.9. The first-order valence-electron chi connectivity index (χ1n) is 6.56. The highest BCUT2D eigenvalue weighted by molar-refractivity contribution is 7.88. The molecule has 0 spiro atoms. The summed E-state index contributed by atoms with van der Waals surface area (Å²) in [5.41, 5.74) is 0.135. The summed E-state index contributed by atoms with van der Waals surface area (Å²) in [6.45, 7) is 3.93. The number of aliphatic hydroxyl groups is 1. The number of carbonyl (C=O) groups is 1. The lowest BCUT2D eigenvalue weighted by Gasteiger charge is -2.23. The number of carboxylic acid groups (broad SMARTS) is 1. The van der Waals surface area contributed by atoms with Gasteiger partial charge in [0, 0.05) is 13.2 Å². The van der Waals surface area contributed by atoms with Crippen LogP contribution in [0, 0.1) is 5.41 Å². The number of hydrogen-bond acceptors (Lipinski definition) is 4. The third-order valence-corrected chi connectivity index (χ3v) is 4.39. The van der Waals surface area contributed by atoms with Gasteiger partial charge in [0.1, 0.15) is 0 Å². The summed E-state index contributed by atoms with van der Waals surface area (Å²) in [5.74, 6) is -1.37. The Labute approximate surface area is 124 Å². The van der Waals surface area contributed by atoms with Crippen LogP contribution in [0.3, 0.4) is 0 Å². The Morgan fingerprint density at radius 3 is 2.57 bits per heavy atom. The third kappa shape index (κ3) is 6.24. The van der Waals surface area contributed by atoms with Crippen LogP contribution in [0.5, 0.6) is 0 Å². The van der Waals surface area contributed by atoms with Crippen molar-refractivity contribution in [1.82, 2.24) is 4.72 Å². The van der Waals surface area contributed by atoms with Gasteiger partial charge in [-0.25, -0.2) is 17.9 Å². The first-order chi connectivity index (χ1) is 9.65. The fourth-order valence-corrected chi connectivity index (χ4v) is 3.09. The molecule has 0 aliphatic heterocycles. The van der Waals surface area contributed by atoms with Gasteiger partial charge in [-0.1, -0.05) is 26.0 Å². The van der Waals surface area contributed by atoms with Crippen LogP contribution in [0.4, 0.5) is 0 Å². The summed E-state index contributed by atoms with van der Waals surface area (Å²) in [6, 6.07) is 5.85. The number of aromatic carboxylic acids is 1. The maximum Gasteiger partial charge on any atom is 0.335 e. The van der Waals surface area contributed by atoms with Crippen molar-refractivity contribution in [3.05, 3.63) is 35.4 Å². The Hall–Kier alpha value is -1.44. The molecule has 0 aliphatic rings. The molecule has 0 saturated heterocycles. The summed E-state index contributed by atoms with van der Waals surface area (Å²) in [7, 11) is -3.55. The van der Waals surface area contributed by atoms with Gasteiger partial charge in [0.2, 0.25) is 10.0 Å². The summed E-state index contributed by atoms with van der Waals surface area (Å²) in [5, 5.41) is 17.8. The van der Waals surface area contributed by atoms with Crippen LogP contribution in [0.1, 0.15) is 36.2 Å². The smallest absolute Gasteiger partial charge is 0.335 e. The van der Waals surface area contributed by atoms with E-state index < -0.39 is 16.0 Å². The first kappa shape index (κ1) is 17.6. The summed E-state index contributed by atoms with van der Waals surface area (Å²) >= 11 is 0. The zero-order chi connectivity index (χ0) is 16.1. The minimum atomic E-state index is -3.55. The standard InChI is InChI=1S/C14H21NO5S/c1-14(2,6-7-16)10-15-21(19,20)9-11-4-3-5-12(8-11)13(17)18/h3-5,8,15-16H,6-7,9-10H2,1-2H3,(H,17,18). The molecule has 1 aromatic rings. The van der Waals surface area contributed by atoms with Crippen LogP contribution >= 0.6 is 0 Å². The van der Waals surface area contributed by atoms with Gasteiger partial charge in [-0.05, 0) is 29.5 Å². The molecule has 0 heterocycles. The van der Waals surface area contributed by atoms with E-state index in [-0.39, 0.29) is 29.9 Å². The van der Waals surface area contributed by atoms with Crippen molar-refractivity contribution in [3.63, 3.8) is 0 Å². The Balaban J connectivity index is 2.72. The molecular weight excluding hydrogens is 294 g/mol. The van der Waals surface area contributed by atoms with Crippen molar-refractivity contribution in [1.29, 1.82) is 0 Å². The van der Waals surface area contributed by atoms with E-state index in [1.807, 2.05) is 13.8 Å². The van der Waals surface area contributed by atoms with Crippen molar-refractivity contribution < 1.29 is 23.4 Å². The number of nitrogens with one attached hydrogen (secondary N) is 1. The highest BCUT2D eigenvalue weighted by Gasteiger charge is 2.21. The van der Waals surface area contributed by atoms with E-state index in [1.165, 1.54) is 18.2 Å². The number of sulfonamides is 1. The lowest BCUT2D eigenvalue weighted by atomic mass is 9.90. The molecule has 118 valence electrons. The average molecular weight is 315 g/mol. The maximum absolute atomic E-state index is 12.0. The van der Waals surface area contributed by atoms with E-state index in [1.54, 1.807) is 6.07 Å². The second kappa shape index (κ2) is 7.02. The molecule has 0 saturated carbocycles. The summed E-state index contributed by atoms with van der Waals surface area (Å²) in [6.07, 6.45) is 0.490. The molecule has 1 aromatic carbocycles. The van der Waals surface area contributed by atoms with Crippen molar-refractivity contribution in [2.75, 3.05) is 13.2 Å². The molecule has 0 bridgehead atoms. The van der Waals surface area contributed by atoms with Crippen LogP contribution in [0.15, 0.2) is 24.3 Å². The molecule has 0 unspecified atom stereocenters. The van der Waals surface area contributed by atoms with Crippen LogP contribution in [-0.4, -0.2) is 37.8 Å². The molecule has 6 nitrogen and oxygen atoms in total. The number of benzene rings is 1. The van der Waals surface area contributed by atoms with Gasteiger partial charge >= 0.3 is 5.97 Å². The van der Waals surface area contributed by atoms with Gasteiger partial charge in [0.25, 0.3) is 0 Å². The largest absolute Gasteiger partial charge is 0.478 e.